The zero-order chi connectivity index (χ0) is 10.5. The molecule has 0 aromatic rings. The lowest BCUT2D eigenvalue weighted by Crippen LogP contribution is -2.32. The standard InChI is InChI=1S/C11H18N2O2/c14-9-10(8-13-5-1-6-13)2-3-11-12-4-7-15-11/h8,14H,1-7,9H2. The smallest absolute Gasteiger partial charge is 0.183 e. The summed E-state index contributed by atoms with van der Waals surface area (Å²) in [5, 5.41) is 9.19. The van der Waals surface area contributed by atoms with Gasteiger partial charge in [0.1, 0.15) is 6.61 Å². The van der Waals surface area contributed by atoms with Crippen molar-refractivity contribution in [2.75, 3.05) is 32.8 Å². The van der Waals surface area contributed by atoms with Crippen LogP contribution in [0.1, 0.15) is 19.3 Å². The number of nitrogens with zero attached hydrogens (tertiary/aromatic N) is 2. The van der Waals surface area contributed by atoms with Crippen LogP contribution in [0.3, 0.4) is 0 Å². The molecule has 2 aliphatic heterocycles. The summed E-state index contributed by atoms with van der Waals surface area (Å²) in [4.78, 5) is 6.47. The number of hydrogen-bond donors (Lipinski definition) is 1. The molecule has 2 aliphatic rings. The molecule has 2 rings (SSSR count). The van der Waals surface area contributed by atoms with Crippen LogP contribution in [0.2, 0.25) is 0 Å². The molecule has 1 fully saturated rings. The fourth-order valence-electron chi connectivity index (χ4n) is 1.71. The molecule has 15 heavy (non-hydrogen) atoms. The van der Waals surface area contributed by atoms with Crippen molar-refractivity contribution in [1.29, 1.82) is 0 Å². The Morgan fingerprint density at radius 1 is 1.53 bits per heavy atom. The zero-order valence-corrected chi connectivity index (χ0v) is 8.98. The van der Waals surface area contributed by atoms with Crippen molar-refractivity contribution in [3.8, 4) is 0 Å². The van der Waals surface area contributed by atoms with Gasteiger partial charge in [0.25, 0.3) is 0 Å². The van der Waals surface area contributed by atoms with E-state index in [4.69, 9.17) is 4.74 Å². The SMILES string of the molecule is OCC(=CN1CCC1)CCC1=NCCO1. The first-order valence-corrected chi connectivity index (χ1v) is 5.59. The molecule has 0 atom stereocenters. The van der Waals surface area contributed by atoms with Gasteiger partial charge in [-0.3, -0.25) is 4.99 Å². The van der Waals surface area contributed by atoms with E-state index >= 15 is 0 Å². The molecular weight excluding hydrogens is 192 g/mol. The maximum absolute atomic E-state index is 9.19. The molecule has 4 heteroatoms. The van der Waals surface area contributed by atoms with Crippen molar-refractivity contribution in [3.05, 3.63) is 11.8 Å². The van der Waals surface area contributed by atoms with Gasteiger partial charge in [0.2, 0.25) is 0 Å². The van der Waals surface area contributed by atoms with E-state index in [9.17, 15) is 5.11 Å². The molecule has 84 valence electrons. The van der Waals surface area contributed by atoms with Gasteiger partial charge >= 0.3 is 0 Å². The number of rotatable bonds is 5. The molecule has 2 heterocycles. The maximum atomic E-state index is 9.19. The third-order valence-electron chi connectivity index (χ3n) is 2.77. The average molecular weight is 210 g/mol. The Morgan fingerprint density at radius 3 is 2.93 bits per heavy atom. The maximum Gasteiger partial charge on any atom is 0.183 e. The fourth-order valence-corrected chi connectivity index (χ4v) is 1.71. The third-order valence-corrected chi connectivity index (χ3v) is 2.77. The van der Waals surface area contributed by atoms with Crippen LogP contribution in [-0.2, 0) is 4.74 Å². The van der Waals surface area contributed by atoms with Gasteiger partial charge in [0.15, 0.2) is 5.90 Å². The van der Waals surface area contributed by atoms with Crippen LogP contribution in [0.25, 0.3) is 0 Å². The summed E-state index contributed by atoms with van der Waals surface area (Å²) < 4.78 is 5.32. The Hall–Kier alpha value is -1.03. The van der Waals surface area contributed by atoms with E-state index in [1.807, 2.05) is 0 Å². The van der Waals surface area contributed by atoms with Crippen LogP contribution in [0.5, 0.6) is 0 Å². The summed E-state index contributed by atoms with van der Waals surface area (Å²) >= 11 is 0. The normalized spacial score (nSPS) is 21.0. The summed E-state index contributed by atoms with van der Waals surface area (Å²) in [6.45, 7) is 3.91. The topological polar surface area (TPSA) is 45.1 Å². The second kappa shape index (κ2) is 5.16. The number of aliphatic hydroxyl groups is 1. The summed E-state index contributed by atoms with van der Waals surface area (Å²) in [7, 11) is 0. The number of likely N-dealkylation sites (tertiary alicyclic amines) is 1. The van der Waals surface area contributed by atoms with Gasteiger partial charge < -0.3 is 14.7 Å². The monoisotopic (exact) mass is 210 g/mol. The largest absolute Gasteiger partial charge is 0.479 e. The van der Waals surface area contributed by atoms with Gasteiger partial charge in [-0.05, 0) is 18.4 Å². The van der Waals surface area contributed by atoms with Crippen molar-refractivity contribution in [2.45, 2.75) is 19.3 Å². The summed E-state index contributed by atoms with van der Waals surface area (Å²) in [6.07, 6.45) is 5.02. The van der Waals surface area contributed by atoms with E-state index in [0.29, 0.717) is 0 Å². The second-order valence-electron chi connectivity index (χ2n) is 3.96. The average Bonchev–Trinajstić information content (AvgIpc) is 2.68. The highest BCUT2D eigenvalue weighted by atomic mass is 16.5. The van der Waals surface area contributed by atoms with Crippen LogP contribution >= 0.6 is 0 Å². The Kier molecular flexibility index (Phi) is 3.61. The lowest BCUT2D eigenvalue weighted by Gasteiger charge is -2.30. The first-order valence-electron chi connectivity index (χ1n) is 5.59. The molecule has 0 aromatic heterocycles. The number of hydrogen-bond acceptors (Lipinski definition) is 4. The number of aliphatic hydroxyl groups excluding tert-OH is 1. The molecule has 0 aromatic carbocycles. The zero-order valence-electron chi connectivity index (χ0n) is 8.98. The highest BCUT2D eigenvalue weighted by Gasteiger charge is 2.12. The molecule has 0 unspecified atom stereocenters. The van der Waals surface area contributed by atoms with Crippen LogP contribution in [0.4, 0.5) is 0 Å². The van der Waals surface area contributed by atoms with Gasteiger partial charge in [0, 0.05) is 25.7 Å². The Morgan fingerprint density at radius 2 is 2.40 bits per heavy atom. The van der Waals surface area contributed by atoms with Gasteiger partial charge in [-0.2, -0.15) is 0 Å². The Labute approximate surface area is 90.3 Å². The van der Waals surface area contributed by atoms with Crippen molar-refractivity contribution in [3.63, 3.8) is 0 Å². The minimum Gasteiger partial charge on any atom is -0.479 e. The van der Waals surface area contributed by atoms with Gasteiger partial charge in [0.05, 0.1) is 13.2 Å². The Bertz CT molecular complexity index is 270. The summed E-state index contributed by atoms with van der Waals surface area (Å²) in [5.41, 5.74) is 1.08. The molecule has 4 nitrogen and oxygen atoms in total. The number of ether oxygens (including phenoxy) is 1. The first-order chi connectivity index (χ1) is 7.38. The molecule has 0 amide bonds. The third kappa shape index (κ3) is 2.96. The first kappa shape index (κ1) is 10.5. The van der Waals surface area contributed by atoms with Crippen molar-refractivity contribution in [2.24, 2.45) is 4.99 Å². The molecule has 0 radical (unpaired) electrons. The van der Waals surface area contributed by atoms with Crippen molar-refractivity contribution in [1.82, 2.24) is 4.90 Å². The highest BCUT2D eigenvalue weighted by molar-refractivity contribution is 5.77. The van der Waals surface area contributed by atoms with Gasteiger partial charge in [-0.1, -0.05) is 0 Å². The fraction of sp³-hybridized carbons (Fsp3) is 0.727. The molecule has 0 bridgehead atoms. The summed E-state index contributed by atoms with van der Waals surface area (Å²) in [5.74, 6) is 0.845. The lowest BCUT2D eigenvalue weighted by atomic mass is 10.1. The van der Waals surface area contributed by atoms with Crippen LogP contribution in [-0.4, -0.2) is 48.8 Å². The van der Waals surface area contributed by atoms with E-state index in [1.54, 1.807) is 0 Å². The molecule has 0 aliphatic carbocycles. The van der Waals surface area contributed by atoms with E-state index in [0.717, 1.165) is 50.6 Å². The molecular formula is C11H18N2O2. The van der Waals surface area contributed by atoms with E-state index in [-0.39, 0.29) is 6.61 Å². The van der Waals surface area contributed by atoms with Crippen LogP contribution in [0.15, 0.2) is 16.8 Å². The predicted molar refractivity (Wildman–Crippen MR) is 58.8 cm³/mol. The van der Waals surface area contributed by atoms with Crippen LogP contribution < -0.4 is 0 Å². The van der Waals surface area contributed by atoms with Gasteiger partial charge in [-0.25, -0.2) is 0 Å². The van der Waals surface area contributed by atoms with E-state index in [1.165, 1.54) is 6.42 Å². The van der Waals surface area contributed by atoms with E-state index < -0.39 is 0 Å². The highest BCUT2D eigenvalue weighted by Crippen LogP contribution is 2.13. The molecule has 0 spiro atoms. The molecule has 1 N–H and O–H groups in total. The van der Waals surface area contributed by atoms with Crippen molar-refractivity contribution < 1.29 is 9.84 Å². The Balaban J connectivity index is 1.76. The second-order valence-corrected chi connectivity index (χ2v) is 3.96. The van der Waals surface area contributed by atoms with Gasteiger partial charge in [-0.15, -0.1) is 0 Å². The molecule has 1 saturated heterocycles. The van der Waals surface area contributed by atoms with E-state index in [2.05, 4.69) is 16.1 Å². The lowest BCUT2D eigenvalue weighted by molar-refractivity contribution is 0.253. The quantitative estimate of drug-likeness (QED) is 0.729. The molecule has 0 saturated carbocycles. The van der Waals surface area contributed by atoms with Crippen LogP contribution in [0, 0.1) is 0 Å². The summed E-state index contributed by atoms with van der Waals surface area (Å²) in [6, 6.07) is 0. The van der Waals surface area contributed by atoms with Crippen molar-refractivity contribution >= 4 is 5.90 Å². The predicted octanol–water partition coefficient (Wildman–Crippen LogP) is 0.777. The minimum atomic E-state index is 0.143. The minimum absolute atomic E-state index is 0.143. The number of aliphatic imine (C=N–C) groups is 1.